The molecule has 1 atom stereocenters. The Bertz CT molecular complexity index is 1240. The van der Waals surface area contributed by atoms with Crippen LogP contribution in [0.1, 0.15) is 16.8 Å². The Morgan fingerprint density at radius 3 is 2.17 bits per heavy atom. The third kappa shape index (κ3) is 5.49. The molecule has 0 spiro atoms. The number of hydrogen-bond donors (Lipinski definition) is 1. The van der Waals surface area contributed by atoms with Crippen molar-refractivity contribution in [1.82, 2.24) is 4.90 Å². The van der Waals surface area contributed by atoms with Gasteiger partial charge in [-0.15, -0.1) is 0 Å². The van der Waals surface area contributed by atoms with E-state index in [0.29, 0.717) is 11.5 Å². The SMILES string of the molecule is COc1ccc(C(=O)N(CC(OC)OC)C2CC(=O)N(c3ccc(S(N)(=O)=O)cc3)C2=O)cc1OC. The summed E-state index contributed by atoms with van der Waals surface area (Å²) >= 11 is 0. The van der Waals surface area contributed by atoms with E-state index in [0.717, 1.165) is 4.90 Å². The molecule has 1 aliphatic rings. The zero-order chi connectivity index (χ0) is 26.6. The molecule has 0 aliphatic carbocycles. The van der Waals surface area contributed by atoms with E-state index in [4.69, 9.17) is 24.1 Å². The predicted molar refractivity (Wildman–Crippen MR) is 127 cm³/mol. The van der Waals surface area contributed by atoms with Gasteiger partial charge in [-0.05, 0) is 42.5 Å². The van der Waals surface area contributed by atoms with E-state index in [9.17, 15) is 22.8 Å². The number of rotatable bonds is 10. The summed E-state index contributed by atoms with van der Waals surface area (Å²) in [6.45, 7) is -0.151. The maximum atomic E-state index is 13.6. The molecule has 13 heteroatoms. The fourth-order valence-corrected chi connectivity index (χ4v) is 4.32. The van der Waals surface area contributed by atoms with Crippen molar-refractivity contribution in [2.75, 3.05) is 39.9 Å². The number of amides is 3. The molecule has 2 aromatic rings. The number of carbonyl (C=O) groups is 3. The molecule has 0 radical (unpaired) electrons. The smallest absolute Gasteiger partial charge is 0.257 e. The van der Waals surface area contributed by atoms with Crippen LogP contribution in [0.15, 0.2) is 47.4 Å². The molecule has 194 valence electrons. The average Bonchev–Trinajstić information content (AvgIpc) is 3.16. The zero-order valence-corrected chi connectivity index (χ0v) is 21.0. The number of nitrogens with two attached hydrogens (primary N) is 1. The Kier molecular flexibility index (Phi) is 8.30. The molecule has 1 fully saturated rings. The maximum absolute atomic E-state index is 13.6. The van der Waals surface area contributed by atoms with Crippen LogP contribution in [0.4, 0.5) is 5.69 Å². The third-order valence-electron chi connectivity index (χ3n) is 5.69. The summed E-state index contributed by atoms with van der Waals surface area (Å²) in [7, 11) is 1.69. The number of ether oxygens (including phenoxy) is 4. The Balaban J connectivity index is 1.97. The number of carbonyl (C=O) groups excluding carboxylic acids is 3. The fourth-order valence-electron chi connectivity index (χ4n) is 3.81. The zero-order valence-electron chi connectivity index (χ0n) is 20.2. The first-order chi connectivity index (χ1) is 17.0. The first kappa shape index (κ1) is 27.1. The molecule has 12 nitrogen and oxygen atoms in total. The minimum absolute atomic E-state index is 0.147. The molecule has 1 unspecified atom stereocenters. The van der Waals surface area contributed by atoms with Crippen LogP contribution < -0.4 is 19.5 Å². The number of sulfonamides is 1. The van der Waals surface area contributed by atoms with Gasteiger partial charge < -0.3 is 23.8 Å². The van der Waals surface area contributed by atoms with Crippen molar-refractivity contribution in [2.24, 2.45) is 5.14 Å². The molecule has 1 aliphatic heterocycles. The van der Waals surface area contributed by atoms with E-state index in [1.807, 2.05) is 0 Å². The van der Waals surface area contributed by atoms with Crippen LogP contribution in [0.5, 0.6) is 11.5 Å². The van der Waals surface area contributed by atoms with Crippen LogP contribution in [-0.2, 0) is 29.1 Å². The Hall–Kier alpha value is -3.52. The first-order valence-corrected chi connectivity index (χ1v) is 12.2. The minimum Gasteiger partial charge on any atom is -0.493 e. The molecule has 2 N–H and O–H groups in total. The van der Waals surface area contributed by atoms with Crippen LogP contribution in [0.2, 0.25) is 0 Å². The van der Waals surface area contributed by atoms with Crippen molar-refractivity contribution in [3.8, 4) is 11.5 Å². The molecule has 0 bridgehead atoms. The number of nitrogens with zero attached hydrogens (tertiary/aromatic N) is 2. The van der Waals surface area contributed by atoms with Gasteiger partial charge in [0.25, 0.3) is 11.8 Å². The van der Waals surface area contributed by atoms with Gasteiger partial charge in [0.05, 0.1) is 37.8 Å². The van der Waals surface area contributed by atoms with E-state index < -0.39 is 40.1 Å². The lowest BCUT2D eigenvalue weighted by atomic mass is 10.1. The number of hydrogen-bond acceptors (Lipinski definition) is 9. The van der Waals surface area contributed by atoms with Crippen molar-refractivity contribution in [2.45, 2.75) is 23.6 Å². The maximum Gasteiger partial charge on any atom is 0.257 e. The van der Waals surface area contributed by atoms with Crippen LogP contribution in [0.3, 0.4) is 0 Å². The van der Waals surface area contributed by atoms with E-state index in [1.54, 1.807) is 6.07 Å². The number of imide groups is 1. The molecular formula is C23H27N3O9S. The second kappa shape index (κ2) is 11.0. The molecule has 3 amide bonds. The number of methoxy groups -OCH3 is 4. The van der Waals surface area contributed by atoms with Gasteiger partial charge in [-0.2, -0.15) is 0 Å². The molecule has 0 aromatic heterocycles. The minimum atomic E-state index is -3.95. The monoisotopic (exact) mass is 521 g/mol. The van der Waals surface area contributed by atoms with Gasteiger partial charge in [-0.3, -0.25) is 14.4 Å². The highest BCUT2D eigenvalue weighted by atomic mass is 32.2. The normalized spacial score (nSPS) is 15.9. The lowest BCUT2D eigenvalue weighted by Gasteiger charge is -2.30. The summed E-state index contributed by atoms with van der Waals surface area (Å²) in [6, 6.07) is 8.34. The summed E-state index contributed by atoms with van der Waals surface area (Å²) in [5, 5.41) is 5.12. The second-order valence-electron chi connectivity index (χ2n) is 7.75. The average molecular weight is 522 g/mol. The molecular weight excluding hydrogens is 494 g/mol. The van der Waals surface area contributed by atoms with E-state index in [-0.39, 0.29) is 29.1 Å². The molecule has 3 rings (SSSR count). The lowest BCUT2D eigenvalue weighted by molar-refractivity contribution is -0.128. The van der Waals surface area contributed by atoms with Gasteiger partial charge >= 0.3 is 0 Å². The third-order valence-corrected chi connectivity index (χ3v) is 6.61. The number of benzene rings is 2. The number of primary sulfonamides is 1. The Morgan fingerprint density at radius 2 is 1.64 bits per heavy atom. The summed E-state index contributed by atoms with van der Waals surface area (Å²) < 4.78 is 44.0. The van der Waals surface area contributed by atoms with Gasteiger partial charge in [0.1, 0.15) is 6.04 Å². The Morgan fingerprint density at radius 1 is 1.03 bits per heavy atom. The number of anilines is 1. The molecule has 1 heterocycles. The van der Waals surface area contributed by atoms with Gasteiger partial charge in [-0.1, -0.05) is 0 Å². The second-order valence-corrected chi connectivity index (χ2v) is 9.32. The van der Waals surface area contributed by atoms with E-state index in [2.05, 4.69) is 0 Å². The van der Waals surface area contributed by atoms with Crippen molar-refractivity contribution in [3.63, 3.8) is 0 Å². The molecule has 1 saturated heterocycles. The van der Waals surface area contributed by atoms with E-state index in [1.165, 1.54) is 69.7 Å². The van der Waals surface area contributed by atoms with Crippen LogP contribution >= 0.6 is 0 Å². The Labute approximate surface area is 208 Å². The predicted octanol–water partition coefficient (Wildman–Crippen LogP) is 0.744. The van der Waals surface area contributed by atoms with Crippen molar-refractivity contribution in [1.29, 1.82) is 0 Å². The highest BCUT2D eigenvalue weighted by Gasteiger charge is 2.45. The van der Waals surface area contributed by atoms with E-state index >= 15 is 0 Å². The quantitative estimate of drug-likeness (QED) is 0.352. The van der Waals surface area contributed by atoms with Gasteiger partial charge in [0, 0.05) is 19.8 Å². The molecule has 0 saturated carbocycles. The largest absolute Gasteiger partial charge is 0.493 e. The topological polar surface area (TPSA) is 155 Å². The van der Waals surface area contributed by atoms with Crippen molar-refractivity contribution < 1.29 is 41.7 Å². The van der Waals surface area contributed by atoms with Gasteiger partial charge in [0.2, 0.25) is 15.9 Å². The van der Waals surface area contributed by atoms with Crippen molar-refractivity contribution in [3.05, 3.63) is 48.0 Å². The summed E-state index contributed by atoms with van der Waals surface area (Å²) in [5.74, 6) is -1.07. The molecule has 2 aromatic carbocycles. The highest BCUT2D eigenvalue weighted by Crippen LogP contribution is 2.31. The fraction of sp³-hybridized carbons (Fsp3) is 0.348. The first-order valence-electron chi connectivity index (χ1n) is 10.6. The van der Waals surface area contributed by atoms with Crippen LogP contribution in [0, 0.1) is 0 Å². The standard InChI is InChI=1S/C23H27N3O9S/c1-32-18-10-5-14(11-19(18)33-2)22(28)25(13-21(34-3)35-4)17-12-20(27)26(23(17)29)15-6-8-16(9-7-15)36(24,30)31/h5-11,17,21H,12-13H2,1-4H3,(H2,24,30,31). The van der Waals surface area contributed by atoms with Crippen LogP contribution in [0.25, 0.3) is 0 Å². The van der Waals surface area contributed by atoms with Gasteiger partial charge in [0.15, 0.2) is 17.8 Å². The van der Waals surface area contributed by atoms with Crippen molar-refractivity contribution >= 4 is 33.4 Å². The van der Waals surface area contributed by atoms with Gasteiger partial charge in [-0.25, -0.2) is 18.5 Å². The highest BCUT2D eigenvalue weighted by molar-refractivity contribution is 7.89. The molecule has 36 heavy (non-hydrogen) atoms. The van der Waals surface area contributed by atoms with Crippen LogP contribution in [-0.4, -0.2) is 78.4 Å². The summed E-state index contributed by atoms with van der Waals surface area (Å²) in [4.78, 5) is 41.8. The lowest BCUT2D eigenvalue weighted by Crippen LogP contribution is -2.49. The summed E-state index contributed by atoms with van der Waals surface area (Å²) in [5.41, 5.74) is 0.336. The summed E-state index contributed by atoms with van der Waals surface area (Å²) in [6.07, 6.45) is -1.17.